The zero-order valence-corrected chi connectivity index (χ0v) is 11.8. The first-order valence-electron chi connectivity index (χ1n) is 5.06. The highest BCUT2D eigenvalue weighted by atomic mass is 79.9. The summed E-state index contributed by atoms with van der Waals surface area (Å²) < 4.78 is 0.590. The Balaban J connectivity index is 2.11. The summed E-state index contributed by atoms with van der Waals surface area (Å²) in [5, 5.41) is 16.2. The van der Waals surface area contributed by atoms with Gasteiger partial charge in [-0.05, 0) is 34.1 Å². The van der Waals surface area contributed by atoms with Gasteiger partial charge in [0.25, 0.3) is 0 Å². The first-order valence-corrected chi connectivity index (χ1v) is 6.74. The third-order valence-electron chi connectivity index (χ3n) is 2.11. The Kier molecular flexibility index (Phi) is 4.13. The molecule has 19 heavy (non-hydrogen) atoms. The Bertz CT molecular complexity index is 616. The quantitative estimate of drug-likeness (QED) is 0.799. The maximum absolute atomic E-state index is 11.7. The number of rotatable bonds is 3. The van der Waals surface area contributed by atoms with E-state index in [4.69, 9.17) is 5.11 Å². The van der Waals surface area contributed by atoms with Gasteiger partial charge in [-0.1, -0.05) is 0 Å². The monoisotopic (exact) mass is 341 g/mol. The number of carboxylic acid groups (broad SMARTS) is 1. The minimum atomic E-state index is -1.06. The van der Waals surface area contributed by atoms with Crippen LogP contribution in [0.3, 0.4) is 0 Å². The molecular formula is C11H8BrN3O3S. The molecule has 3 N–H and O–H groups in total. The Labute approximate surface area is 120 Å². The highest BCUT2D eigenvalue weighted by Crippen LogP contribution is 2.24. The van der Waals surface area contributed by atoms with Gasteiger partial charge >= 0.3 is 12.0 Å². The van der Waals surface area contributed by atoms with Crippen LogP contribution in [0.15, 0.2) is 34.2 Å². The fourth-order valence-electron chi connectivity index (χ4n) is 1.29. The zero-order valence-electron chi connectivity index (χ0n) is 9.38. The van der Waals surface area contributed by atoms with Crippen LogP contribution < -0.4 is 10.6 Å². The van der Waals surface area contributed by atoms with Gasteiger partial charge in [0, 0.05) is 16.0 Å². The van der Waals surface area contributed by atoms with Crippen molar-refractivity contribution in [3.63, 3.8) is 0 Å². The standard InChI is InChI=1S/C11H8BrN3O3S/c12-7-2-1-6(9(16)17)5-8(7)14-10(18)15-11-13-3-4-19-11/h1-5H,(H,16,17)(H2,13,14,15,18). The number of hydrogen-bond acceptors (Lipinski definition) is 4. The first-order chi connectivity index (χ1) is 9.06. The number of hydrogen-bond donors (Lipinski definition) is 3. The molecular weight excluding hydrogens is 334 g/mol. The third-order valence-corrected chi connectivity index (χ3v) is 3.49. The summed E-state index contributed by atoms with van der Waals surface area (Å²) in [5.41, 5.74) is 0.460. The van der Waals surface area contributed by atoms with Gasteiger partial charge in [0.15, 0.2) is 5.13 Å². The maximum atomic E-state index is 11.7. The number of aromatic carboxylic acids is 1. The molecule has 0 unspecified atom stereocenters. The lowest BCUT2D eigenvalue weighted by Gasteiger charge is -2.08. The average molecular weight is 342 g/mol. The molecule has 0 bridgehead atoms. The lowest BCUT2D eigenvalue weighted by atomic mass is 10.2. The summed E-state index contributed by atoms with van der Waals surface area (Å²) in [7, 11) is 0. The van der Waals surface area contributed by atoms with Crippen molar-refractivity contribution in [2.45, 2.75) is 0 Å². The van der Waals surface area contributed by atoms with Gasteiger partial charge in [0.2, 0.25) is 0 Å². The van der Waals surface area contributed by atoms with E-state index in [1.165, 1.54) is 23.5 Å². The van der Waals surface area contributed by atoms with Crippen molar-refractivity contribution < 1.29 is 14.7 Å². The van der Waals surface area contributed by atoms with Gasteiger partial charge in [0.1, 0.15) is 0 Å². The number of halogens is 1. The number of anilines is 2. The molecule has 6 nitrogen and oxygen atoms in total. The van der Waals surface area contributed by atoms with Crippen molar-refractivity contribution in [1.29, 1.82) is 0 Å². The van der Waals surface area contributed by atoms with Crippen molar-refractivity contribution >= 4 is 50.1 Å². The van der Waals surface area contributed by atoms with Crippen molar-refractivity contribution in [2.24, 2.45) is 0 Å². The Morgan fingerprint density at radius 3 is 2.74 bits per heavy atom. The fraction of sp³-hybridized carbons (Fsp3) is 0. The summed E-state index contributed by atoms with van der Waals surface area (Å²) in [4.78, 5) is 26.5. The summed E-state index contributed by atoms with van der Waals surface area (Å²) in [5.74, 6) is -1.06. The molecule has 0 aliphatic rings. The van der Waals surface area contributed by atoms with E-state index in [9.17, 15) is 9.59 Å². The van der Waals surface area contributed by atoms with E-state index in [2.05, 4.69) is 31.5 Å². The number of amides is 2. The highest BCUT2D eigenvalue weighted by molar-refractivity contribution is 9.10. The molecule has 2 aromatic rings. The van der Waals surface area contributed by atoms with E-state index in [0.29, 0.717) is 15.3 Å². The van der Waals surface area contributed by atoms with Crippen LogP contribution in [0.25, 0.3) is 0 Å². The minimum absolute atomic E-state index is 0.0905. The number of aromatic nitrogens is 1. The SMILES string of the molecule is O=C(Nc1nccs1)Nc1cc(C(=O)O)ccc1Br. The summed E-state index contributed by atoms with van der Waals surface area (Å²) in [6, 6.07) is 3.88. The van der Waals surface area contributed by atoms with Gasteiger partial charge in [-0.3, -0.25) is 5.32 Å². The van der Waals surface area contributed by atoms with Crippen LogP contribution in [0.5, 0.6) is 0 Å². The van der Waals surface area contributed by atoms with Crippen molar-refractivity contribution in [1.82, 2.24) is 4.98 Å². The highest BCUT2D eigenvalue weighted by Gasteiger charge is 2.10. The van der Waals surface area contributed by atoms with E-state index in [0.717, 1.165) is 0 Å². The molecule has 0 saturated carbocycles. The predicted molar refractivity (Wildman–Crippen MR) is 75.9 cm³/mol. The predicted octanol–water partition coefficient (Wildman–Crippen LogP) is 3.25. The first kappa shape index (κ1) is 13.5. The van der Waals surface area contributed by atoms with Crippen LogP contribution in [0.4, 0.5) is 15.6 Å². The summed E-state index contributed by atoms with van der Waals surface area (Å²) >= 11 is 4.52. The van der Waals surface area contributed by atoms with Gasteiger partial charge in [-0.25, -0.2) is 14.6 Å². The van der Waals surface area contributed by atoms with E-state index < -0.39 is 12.0 Å². The summed E-state index contributed by atoms with van der Waals surface area (Å²) in [6.07, 6.45) is 1.57. The normalized spacial score (nSPS) is 9.95. The second-order valence-corrected chi connectivity index (χ2v) is 5.17. The van der Waals surface area contributed by atoms with Crippen LogP contribution >= 0.6 is 27.3 Å². The molecule has 8 heteroatoms. The number of carbonyl (C=O) groups is 2. The number of thiazole rings is 1. The molecule has 98 valence electrons. The average Bonchev–Trinajstić information content (AvgIpc) is 2.84. The largest absolute Gasteiger partial charge is 0.478 e. The molecule has 0 radical (unpaired) electrons. The molecule has 0 fully saturated rings. The lowest BCUT2D eigenvalue weighted by Crippen LogP contribution is -2.19. The Hall–Kier alpha value is -1.93. The van der Waals surface area contributed by atoms with Crippen LogP contribution in [0.1, 0.15) is 10.4 Å². The van der Waals surface area contributed by atoms with Crippen molar-refractivity contribution in [3.05, 3.63) is 39.8 Å². The van der Waals surface area contributed by atoms with Gasteiger partial charge in [-0.15, -0.1) is 11.3 Å². The van der Waals surface area contributed by atoms with Gasteiger partial charge in [0.05, 0.1) is 11.3 Å². The molecule has 2 amide bonds. The molecule has 0 aliphatic carbocycles. The lowest BCUT2D eigenvalue weighted by molar-refractivity contribution is 0.0697. The Morgan fingerprint density at radius 2 is 2.11 bits per heavy atom. The van der Waals surface area contributed by atoms with Crippen molar-refractivity contribution in [2.75, 3.05) is 10.6 Å². The number of carbonyl (C=O) groups excluding carboxylic acids is 1. The topological polar surface area (TPSA) is 91.3 Å². The maximum Gasteiger partial charge on any atom is 0.335 e. The van der Waals surface area contributed by atoms with Crippen LogP contribution in [-0.2, 0) is 0 Å². The molecule has 0 atom stereocenters. The molecule has 1 aromatic heterocycles. The molecule has 0 aliphatic heterocycles. The van der Waals surface area contributed by atoms with E-state index in [-0.39, 0.29) is 5.56 Å². The molecule has 0 spiro atoms. The van der Waals surface area contributed by atoms with Crippen molar-refractivity contribution in [3.8, 4) is 0 Å². The molecule has 2 rings (SSSR count). The number of nitrogens with zero attached hydrogens (tertiary/aromatic N) is 1. The number of urea groups is 1. The van der Waals surface area contributed by atoms with E-state index >= 15 is 0 Å². The molecule has 1 aromatic carbocycles. The van der Waals surface area contributed by atoms with Gasteiger partial charge in [-0.2, -0.15) is 0 Å². The fourth-order valence-corrected chi connectivity index (χ4v) is 2.16. The van der Waals surface area contributed by atoms with Crippen LogP contribution in [-0.4, -0.2) is 22.1 Å². The van der Waals surface area contributed by atoms with E-state index in [1.54, 1.807) is 17.6 Å². The molecule has 0 saturated heterocycles. The van der Waals surface area contributed by atoms with E-state index in [1.807, 2.05) is 0 Å². The zero-order chi connectivity index (χ0) is 13.8. The third kappa shape index (κ3) is 3.52. The minimum Gasteiger partial charge on any atom is -0.478 e. The summed E-state index contributed by atoms with van der Waals surface area (Å²) in [6.45, 7) is 0. The Morgan fingerprint density at radius 1 is 1.32 bits per heavy atom. The van der Waals surface area contributed by atoms with Gasteiger partial charge < -0.3 is 10.4 Å². The smallest absolute Gasteiger partial charge is 0.335 e. The number of benzene rings is 1. The number of carboxylic acids is 1. The second kappa shape index (κ2) is 5.81. The second-order valence-electron chi connectivity index (χ2n) is 3.42. The van der Waals surface area contributed by atoms with Crippen LogP contribution in [0.2, 0.25) is 0 Å². The molecule has 1 heterocycles. The number of nitrogens with one attached hydrogen (secondary N) is 2. The van der Waals surface area contributed by atoms with Crippen LogP contribution in [0, 0.1) is 0 Å².